The number of hydrogen-bond acceptors (Lipinski definition) is 2. The first-order valence-corrected chi connectivity index (χ1v) is 9.75. The van der Waals surface area contributed by atoms with E-state index in [-0.39, 0.29) is 0 Å². The van der Waals surface area contributed by atoms with Crippen molar-refractivity contribution in [2.75, 3.05) is 13.1 Å². The molecule has 2 heteroatoms. The van der Waals surface area contributed by atoms with Gasteiger partial charge in [-0.3, -0.25) is 4.90 Å². The Labute approximate surface area is 132 Å². The Morgan fingerprint density at radius 1 is 1.10 bits per heavy atom. The van der Waals surface area contributed by atoms with E-state index in [0.717, 1.165) is 18.0 Å². The Kier molecular flexibility index (Phi) is 5.27. The lowest BCUT2D eigenvalue weighted by atomic mass is 9.79. The van der Waals surface area contributed by atoms with Gasteiger partial charge >= 0.3 is 0 Å². The summed E-state index contributed by atoms with van der Waals surface area (Å²) in [5.74, 6) is 0.962. The summed E-state index contributed by atoms with van der Waals surface area (Å²) in [6.45, 7) is 7.43. The molecular formula is C19H36N2. The normalized spacial score (nSPS) is 32.6. The number of rotatable bonds is 4. The minimum Gasteiger partial charge on any atom is -0.308 e. The van der Waals surface area contributed by atoms with Crippen LogP contribution in [0.3, 0.4) is 0 Å². The van der Waals surface area contributed by atoms with E-state index in [4.69, 9.17) is 0 Å². The summed E-state index contributed by atoms with van der Waals surface area (Å²) >= 11 is 0. The van der Waals surface area contributed by atoms with Crippen molar-refractivity contribution in [3.8, 4) is 0 Å². The van der Waals surface area contributed by atoms with Gasteiger partial charge in [0.15, 0.2) is 0 Å². The SMILES string of the molecule is CCCC(C)N1CC2(CCCC2)NCC1C1CCCCC1. The topological polar surface area (TPSA) is 15.3 Å². The Balaban J connectivity index is 1.71. The predicted molar refractivity (Wildman–Crippen MR) is 90.6 cm³/mol. The molecule has 0 bridgehead atoms. The second kappa shape index (κ2) is 7.00. The summed E-state index contributed by atoms with van der Waals surface area (Å²) in [6, 6.07) is 1.60. The van der Waals surface area contributed by atoms with Gasteiger partial charge in [0.25, 0.3) is 0 Å². The maximum absolute atomic E-state index is 4.03. The highest BCUT2D eigenvalue weighted by molar-refractivity contribution is 5.03. The van der Waals surface area contributed by atoms with Crippen molar-refractivity contribution in [2.24, 2.45) is 5.92 Å². The van der Waals surface area contributed by atoms with Crippen molar-refractivity contribution in [2.45, 2.75) is 102 Å². The molecule has 2 nitrogen and oxygen atoms in total. The van der Waals surface area contributed by atoms with Gasteiger partial charge in [0, 0.05) is 30.7 Å². The summed E-state index contributed by atoms with van der Waals surface area (Å²) in [6.07, 6.45) is 15.8. The Hall–Kier alpha value is -0.0800. The van der Waals surface area contributed by atoms with Crippen LogP contribution in [0.5, 0.6) is 0 Å². The zero-order chi connectivity index (χ0) is 14.7. The third-order valence-corrected chi connectivity index (χ3v) is 6.62. The van der Waals surface area contributed by atoms with Gasteiger partial charge < -0.3 is 5.32 Å². The third-order valence-electron chi connectivity index (χ3n) is 6.62. The van der Waals surface area contributed by atoms with Crippen LogP contribution in [0, 0.1) is 5.92 Å². The molecule has 2 aliphatic carbocycles. The fourth-order valence-electron chi connectivity index (χ4n) is 5.37. The standard InChI is InChI=1S/C19H36N2/c1-3-9-16(2)21-15-19(12-7-8-13-19)20-14-18(21)17-10-5-4-6-11-17/h16-18,20H,3-15H2,1-2H3. The highest BCUT2D eigenvalue weighted by Gasteiger charge is 2.44. The first-order chi connectivity index (χ1) is 10.2. The molecule has 0 aromatic heterocycles. The largest absolute Gasteiger partial charge is 0.308 e. The smallest absolute Gasteiger partial charge is 0.0309 e. The van der Waals surface area contributed by atoms with E-state index >= 15 is 0 Å². The Morgan fingerprint density at radius 3 is 2.48 bits per heavy atom. The third kappa shape index (κ3) is 3.47. The molecule has 0 radical (unpaired) electrons. The molecule has 1 spiro atoms. The second-order valence-electron chi connectivity index (χ2n) is 8.14. The lowest BCUT2D eigenvalue weighted by molar-refractivity contribution is 0.00858. The van der Waals surface area contributed by atoms with Crippen molar-refractivity contribution in [3.63, 3.8) is 0 Å². The molecule has 3 aliphatic rings. The second-order valence-corrected chi connectivity index (χ2v) is 8.14. The van der Waals surface area contributed by atoms with E-state index in [1.165, 1.54) is 83.7 Å². The van der Waals surface area contributed by atoms with E-state index in [9.17, 15) is 0 Å². The van der Waals surface area contributed by atoms with E-state index in [0.29, 0.717) is 5.54 Å². The molecular weight excluding hydrogens is 256 g/mol. The number of piperazine rings is 1. The van der Waals surface area contributed by atoms with Crippen LogP contribution in [-0.4, -0.2) is 35.6 Å². The summed E-state index contributed by atoms with van der Waals surface area (Å²) < 4.78 is 0. The van der Waals surface area contributed by atoms with Crippen LogP contribution in [0.1, 0.15) is 84.5 Å². The maximum atomic E-state index is 4.03. The lowest BCUT2D eigenvalue weighted by Crippen LogP contribution is -2.66. The van der Waals surface area contributed by atoms with E-state index in [1.54, 1.807) is 0 Å². The molecule has 1 aliphatic heterocycles. The zero-order valence-corrected chi connectivity index (χ0v) is 14.4. The van der Waals surface area contributed by atoms with Gasteiger partial charge in [-0.15, -0.1) is 0 Å². The van der Waals surface area contributed by atoms with Crippen molar-refractivity contribution in [3.05, 3.63) is 0 Å². The van der Waals surface area contributed by atoms with Crippen molar-refractivity contribution < 1.29 is 0 Å². The average Bonchev–Trinajstić information content (AvgIpc) is 2.96. The van der Waals surface area contributed by atoms with Crippen LogP contribution in [0.15, 0.2) is 0 Å². The fraction of sp³-hybridized carbons (Fsp3) is 1.00. The molecule has 1 heterocycles. The molecule has 21 heavy (non-hydrogen) atoms. The molecule has 2 saturated carbocycles. The van der Waals surface area contributed by atoms with Gasteiger partial charge in [-0.05, 0) is 44.9 Å². The maximum Gasteiger partial charge on any atom is 0.0309 e. The van der Waals surface area contributed by atoms with Crippen LogP contribution < -0.4 is 5.32 Å². The fourth-order valence-corrected chi connectivity index (χ4v) is 5.37. The van der Waals surface area contributed by atoms with E-state index < -0.39 is 0 Å². The quantitative estimate of drug-likeness (QED) is 0.829. The molecule has 0 amide bonds. The molecule has 2 unspecified atom stereocenters. The highest BCUT2D eigenvalue weighted by atomic mass is 15.3. The van der Waals surface area contributed by atoms with Crippen molar-refractivity contribution in [1.29, 1.82) is 0 Å². The lowest BCUT2D eigenvalue weighted by Gasteiger charge is -2.52. The first kappa shape index (κ1) is 15.8. The number of hydrogen-bond donors (Lipinski definition) is 1. The van der Waals surface area contributed by atoms with Crippen LogP contribution in [0.4, 0.5) is 0 Å². The molecule has 3 rings (SSSR count). The van der Waals surface area contributed by atoms with Crippen LogP contribution in [0.25, 0.3) is 0 Å². The van der Waals surface area contributed by atoms with Crippen molar-refractivity contribution in [1.82, 2.24) is 10.2 Å². The molecule has 1 saturated heterocycles. The van der Waals surface area contributed by atoms with Gasteiger partial charge in [0.2, 0.25) is 0 Å². The monoisotopic (exact) mass is 292 g/mol. The zero-order valence-electron chi connectivity index (χ0n) is 14.4. The van der Waals surface area contributed by atoms with Gasteiger partial charge in [0.05, 0.1) is 0 Å². The summed E-state index contributed by atoms with van der Waals surface area (Å²) in [5, 5.41) is 4.03. The number of nitrogens with zero attached hydrogens (tertiary/aromatic N) is 1. The van der Waals surface area contributed by atoms with Gasteiger partial charge in [-0.1, -0.05) is 45.4 Å². The molecule has 122 valence electrons. The Morgan fingerprint density at radius 2 is 1.81 bits per heavy atom. The molecule has 1 N–H and O–H groups in total. The molecule has 2 atom stereocenters. The molecule has 3 fully saturated rings. The number of nitrogens with one attached hydrogen (secondary N) is 1. The van der Waals surface area contributed by atoms with Crippen LogP contribution in [-0.2, 0) is 0 Å². The van der Waals surface area contributed by atoms with Gasteiger partial charge in [0.1, 0.15) is 0 Å². The van der Waals surface area contributed by atoms with E-state index in [1.807, 2.05) is 0 Å². The first-order valence-electron chi connectivity index (χ1n) is 9.75. The molecule has 0 aromatic carbocycles. The summed E-state index contributed by atoms with van der Waals surface area (Å²) in [5.41, 5.74) is 0.479. The van der Waals surface area contributed by atoms with Crippen LogP contribution in [0.2, 0.25) is 0 Å². The van der Waals surface area contributed by atoms with E-state index in [2.05, 4.69) is 24.1 Å². The minimum atomic E-state index is 0.479. The highest BCUT2D eigenvalue weighted by Crippen LogP contribution is 2.38. The average molecular weight is 293 g/mol. The Bertz CT molecular complexity index is 316. The summed E-state index contributed by atoms with van der Waals surface area (Å²) in [4.78, 5) is 2.95. The van der Waals surface area contributed by atoms with Crippen molar-refractivity contribution >= 4 is 0 Å². The van der Waals surface area contributed by atoms with Gasteiger partial charge in [-0.25, -0.2) is 0 Å². The predicted octanol–water partition coefficient (Wildman–Crippen LogP) is 4.34. The van der Waals surface area contributed by atoms with Crippen LogP contribution >= 0.6 is 0 Å². The van der Waals surface area contributed by atoms with Gasteiger partial charge in [-0.2, -0.15) is 0 Å². The summed E-state index contributed by atoms with van der Waals surface area (Å²) in [7, 11) is 0. The molecule has 0 aromatic rings. The minimum absolute atomic E-state index is 0.479.